The van der Waals surface area contributed by atoms with Crippen LogP contribution in [-0.2, 0) is 4.79 Å². The maximum absolute atomic E-state index is 13.4. The standard InChI is InChI=1S/C24H30N4O2S2/c1-3-4-8-13-25-20-18(22(29)27-14-9-10-16(2)21(27)26-20)15-19-23(30)28(24(31)32-19)17-11-6-5-7-12-17/h9-10,14-15,17,25H,3-8,11-13H2,1-2H3/b19-15+. The lowest BCUT2D eigenvalue weighted by molar-refractivity contribution is -0.124. The first-order valence-corrected chi connectivity index (χ1v) is 12.8. The van der Waals surface area contributed by atoms with Gasteiger partial charge in [-0.1, -0.05) is 69.1 Å². The summed E-state index contributed by atoms with van der Waals surface area (Å²) >= 11 is 6.86. The Kier molecular flexibility index (Phi) is 7.30. The molecule has 1 saturated heterocycles. The third-order valence-corrected chi connectivity index (χ3v) is 7.53. The van der Waals surface area contributed by atoms with Crippen LogP contribution >= 0.6 is 24.0 Å². The molecule has 8 heteroatoms. The second-order valence-corrected chi connectivity index (χ2v) is 10.2. The Morgan fingerprint density at radius 1 is 1.25 bits per heavy atom. The number of carbonyl (C=O) groups is 1. The lowest BCUT2D eigenvalue weighted by Crippen LogP contribution is -2.39. The Balaban J connectivity index is 1.73. The number of thioether (sulfide) groups is 1. The van der Waals surface area contributed by atoms with Crippen LogP contribution in [0.5, 0.6) is 0 Å². The van der Waals surface area contributed by atoms with Crippen LogP contribution in [-0.4, -0.2) is 37.1 Å². The fourth-order valence-electron chi connectivity index (χ4n) is 4.42. The van der Waals surface area contributed by atoms with Crippen molar-refractivity contribution < 1.29 is 4.79 Å². The molecule has 2 aromatic heterocycles. The van der Waals surface area contributed by atoms with Gasteiger partial charge in [-0.25, -0.2) is 4.98 Å². The van der Waals surface area contributed by atoms with Crippen molar-refractivity contribution >= 4 is 51.7 Å². The van der Waals surface area contributed by atoms with Gasteiger partial charge < -0.3 is 5.32 Å². The fraction of sp³-hybridized carbons (Fsp3) is 0.500. The van der Waals surface area contributed by atoms with E-state index in [0.717, 1.165) is 57.1 Å². The minimum atomic E-state index is -0.181. The van der Waals surface area contributed by atoms with Crippen molar-refractivity contribution in [3.05, 3.63) is 44.7 Å². The summed E-state index contributed by atoms with van der Waals surface area (Å²) in [6.45, 7) is 4.83. The minimum Gasteiger partial charge on any atom is -0.369 e. The zero-order valence-corrected chi connectivity index (χ0v) is 20.4. The summed E-state index contributed by atoms with van der Waals surface area (Å²) in [6.07, 6.45) is 12.1. The Morgan fingerprint density at radius 2 is 2.03 bits per heavy atom. The second-order valence-electron chi connectivity index (χ2n) is 8.54. The van der Waals surface area contributed by atoms with Crippen molar-refractivity contribution in [2.45, 2.75) is 71.3 Å². The quantitative estimate of drug-likeness (QED) is 0.343. The van der Waals surface area contributed by atoms with E-state index in [4.69, 9.17) is 17.2 Å². The van der Waals surface area contributed by atoms with Gasteiger partial charge in [-0.15, -0.1) is 0 Å². The maximum atomic E-state index is 13.4. The van der Waals surface area contributed by atoms with E-state index >= 15 is 0 Å². The lowest BCUT2D eigenvalue weighted by Gasteiger charge is -2.29. The Morgan fingerprint density at radius 3 is 2.78 bits per heavy atom. The minimum absolute atomic E-state index is 0.0856. The summed E-state index contributed by atoms with van der Waals surface area (Å²) in [5.74, 6) is 0.445. The molecule has 0 unspecified atom stereocenters. The van der Waals surface area contributed by atoms with Crippen molar-refractivity contribution in [2.24, 2.45) is 0 Å². The average molecular weight is 471 g/mol. The number of hydrogen-bond acceptors (Lipinski definition) is 6. The van der Waals surface area contributed by atoms with E-state index in [1.54, 1.807) is 21.6 Å². The zero-order chi connectivity index (χ0) is 22.7. The normalized spacial score (nSPS) is 18.8. The molecule has 3 heterocycles. The smallest absolute Gasteiger partial charge is 0.267 e. The number of pyridine rings is 1. The highest BCUT2D eigenvalue weighted by molar-refractivity contribution is 8.26. The number of carbonyl (C=O) groups excluding carboxylic acids is 1. The van der Waals surface area contributed by atoms with Crippen LogP contribution in [0.2, 0.25) is 0 Å². The SMILES string of the molecule is CCCCCNc1nc2c(C)cccn2c(=O)c1/C=C1/SC(=S)N(C2CCCCC2)C1=O. The predicted molar refractivity (Wildman–Crippen MR) is 136 cm³/mol. The van der Waals surface area contributed by atoms with E-state index in [9.17, 15) is 9.59 Å². The summed E-state index contributed by atoms with van der Waals surface area (Å²) in [4.78, 5) is 33.7. The Hall–Kier alpha value is -2.19. The number of aromatic nitrogens is 2. The van der Waals surface area contributed by atoms with Crippen molar-refractivity contribution in [3.8, 4) is 0 Å². The van der Waals surface area contributed by atoms with Gasteiger partial charge in [0, 0.05) is 18.8 Å². The highest BCUT2D eigenvalue weighted by atomic mass is 32.2. The van der Waals surface area contributed by atoms with Crippen molar-refractivity contribution in [1.29, 1.82) is 0 Å². The Labute approximate surface area is 198 Å². The molecule has 1 amide bonds. The number of rotatable bonds is 7. The largest absolute Gasteiger partial charge is 0.369 e. The number of nitrogens with one attached hydrogen (secondary N) is 1. The maximum Gasteiger partial charge on any atom is 0.267 e. The summed E-state index contributed by atoms with van der Waals surface area (Å²) in [6, 6.07) is 3.95. The van der Waals surface area contributed by atoms with Crippen LogP contribution in [0.1, 0.15) is 69.4 Å². The number of fused-ring (bicyclic) bond motifs is 1. The van der Waals surface area contributed by atoms with Crippen LogP contribution in [0.3, 0.4) is 0 Å². The average Bonchev–Trinajstić information content (AvgIpc) is 3.07. The van der Waals surface area contributed by atoms with Gasteiger partial charge in [0.2, 0.25) is 0 Å². The van der Waals surface area contributed by atoms with Crippen molar-refractivity contribution in [3.63, 3.8) is 0 Å². The van der Waals surface area contributed by atoms with Crippen LogP contribution in [0.25, 0.3) is 11.7 Å². The zero-order valence-electron chi connectivity index (χ0n) is 18.7. The van der Waals surface area contributed by atoms with Gasteiger partial charge in [0.1, 0.15) is 15.8 Å². The first kappa shape index (κ1) is 23.0. The highest BCUT2D eigenvalue weighted by Gasteiger charge is 2.37. The number of thiocarbonyl (C=S) groups is 1. The molecule has 1 aliphatic carbocycles. The van der Waals surface area contributed by atoms with Gasteiger partial charge >= 0.3 is 0 Å². The van der Waals surface area contributed by atoms with Gasteiger partial charge in [0.15, 0.2) is 0 Å². The molecule has 2 aromatic rings. The number of hydrogen-bond donors (Lipinski definition) is 1. The number of aryl methyl sites for hydroxylation is 1. The monoisotopic (exact) mass is 470 g/mol. The number of nitrogens with zero attached hydrogens (tertiary/aromatic N) is 3. The topological polar surface area (TPSA) is 66.7 Å². The van der Waals surface area contributed by atoms with Crippen LogP contribution in [0.4, 0.5) is 5.82 Å². The lowest BCUT2D eigenvalue weighted by atomic mass is 9.94. The molecule has 170 valence electrons. The third kappa shape index (κ3) is 4.62. The molecule has 1 N–H and O–H groups in total. The number of amides is 1. The van der Waals surface area contributed by atoms with Crippen molar-refractivity contribution in [2.75, 3.05) is 11.9 Å². The number of anilines is 1. The van der Waals surface area contributed by atoms with Crippen LogP contribution in [0, 0.1) is 6.92 Å². The number of unbranched alkanes of at least 4 members (excludes halogenated alkanes) is 2. The van der Waals surface area contributed by atoms with E-state index in [1.807, 2.05) is 19.1 Å². The summed E-state index contributed by atoms with van der Waals surface area (Å²) in [5.41, 5.74) is 1.78. The fourth-order valence-corrected chi connectivity index (χ4v) is 5.81. The molecular formula is C24H30N4O2S2. The molecule has 0 aromatic carbocycles. The van der Waals surface area contributed by atoms with Gasteiger partial charge in [0.05, 0.1) is 10.5 Å². The van der Waals surface area contributed by atoms with Gasteiger partial charge in [-0.3, -0.25) is 18.9 Å². The molecule has 2 aliphatic rings. The molecule has 0 radical (unpaired) electrons. The van der Waals surface area contributed by atoms with Crippen LogP contribution in [0.15, 0.2) is 28.0 Å². The molecule has 4 rings (SSSR count). The first-order chi connectivity index (χ1) is 15.5. The summed E-state index contributed by atoms with van der Waals surface area (Å²) in [5, 5.41) is 3.35. The van der Waals surface area contributed by atoms with Gasteiger partial charge in [-0.2, -0.15) is 0 Å². The Bertz CT molecular complexity index is 1120. The van der Waals surface area contributed by atoms with E-state index in [0.29, 0.717) is 26.3 Å². The molecule has 6 nitrogen and oxygen atoms in total. The van der Waals surface area contributed by atoms with E-state index in [-0.39, 0.29) is 17.5 Å². The van der Waals surface area contributed by atoms with E-state index in [2.05, 4.69) is 12.2 Å². The molecule has 0 bridgehead atoms. The molecular weight excluding hydrogens is 440 g/mol. The summed E-state index contributed by atoms with van der Waals surface area (Å²) < 4.78 is 2.15. The predicted octanol–water partition coefficient (Wildman–Crippen LogP) is 5.14. The highest BCUT2D eigenvalue weighted by Crippen LogP contribution is 2.37. The van der Waals surface area contributed by atoms with E-state index in [1.165, 1.54) is 18.2 Å². The van der Waals surface area contributed by atoms with Crippen LogP contribution < -0.4 is 10.9 Å². The first-order valence-electron chi connectivity index (χ1n) is 11.5. The molecule has 0 atom stereocenters. The molecule has 1 saturated carbocycles. The third-order valence-electron chi connectivity index (χ3n) is 6.20. The summed E-state index contributed by atoms with van der Waals surface area (Å²) in [7, 11) is 0. The molecule has 0 spiro atoms. The van der Waals surface area contributed by atoms with Gasteiger partial charge in [-0.05, 0) is 43.9 Å². The second kappa shape index (κ2) is 10.2. The van der Waals surface area contributed by atoms with Gasteiger partial charge in [0.25, 0.3) is 11.5 Å². The molecule has 32 heavy (non-hydrogen) atoms. The molecule has 2 fully saturated rings. The molecule has 1 aliphatic heterocycles. The van der Waals surface area contributed by atoms with Crippen molar-refractivity contribution in [1.82, 2.24) is 14.3 Å². The van der Waals surface area contributed by atoms with E-state index < -0.39 is 0 Å².